The lowest BCUT2D eigenvalue weighted by atomic mass is 10.1. The number of esters is 1. The number of fused-ring (bicyclic) bond motifs is 1. The van der Waals surface area contributed by atoms with Gasteiger partial charge in [0.25, 0.3) is 0 Å². The van der Waals surface area contributed by atoms with Gasteiger partial charge in [0.2, 0.25) is 0 Å². The third-order valence-electron chi connectivity index (χ3n) is 3.24. The molecule has 7 heteroatoms. The van der Waals surface area contributed by atoms with Crippen molar-refractivity contribution in [2.75, 3.05) is 6.54 Å². The molecule has 2 rings (SSSR count). The van der Waals surface area contributed by atoms with Gasteiger partial charge >= 0.3 is 11.9 Å². The largest absolute Gasteiger partial charge is 0.473 e. The van der Waals surface area contributed by atoms with E-state index in [1.807, 2.05) is 0 Å². The zero-order chi connectivity index (χ0) is 16.1. The number of halogens is 1. The molecule has 1 heterocycles. The SMILES string of the molecule is NCCCCCc1cc2cc(F)cc(OC(=O)C(=O)O)c2[nH]1. The number of benzene rings is 1. The van der Waals surface area contributed by atoms with Crippen molar-refractivity contribution < 1.29 is 23.8 Å². The standard InChI is InChI=1S/C15H17FN2O4/c16-10-6-9-7-11(4-2-1-3-5-17)18-13(9)12(8-10)22-15(21)14(19)20/h6-8,18H,1-5,17H2,(H,19,20). The van der Waals surface area contributed by atoms with E-state index >= 15 is 0 Å². The lowest BCUT2D eigenvalue weighted by Gasteiger charge is -2.03. The van der Waals surface area contributed by atoms with Crippen LogP contribution in [0, 0.1) is 5.82 Å². The highest BCUT2D eigenvalue weighted by molar-refractivity contribution is 6.29. The van der Waals surface area contributed by atoms with Gasteiger partial charge in [-0.15, -0.1) is 0 Å². The van der Waals surface area contributed by atoms with Crippen LogP contribution in [0.25, 0.3) is 10.9 Å². The maximum absolute atomic E-state index is 13.5. The molecule has 0 aliphatic rings. The Bertz CT molecular complexity index is 696. The zero-order valence-corrected chi connectivity index (χ0v) is 11.9. The van der Waals surface area contributed by atoms with E-state index in [-0.39, 0.29) is 5.75 Å². The Morgan fingerprint density at radius 3 is 2.68 bits per heavy atom. The molecule has 0 aliphatic heterocycles. The number of aliphatic carboxylic acids is 1. The predicted molar refractivity (Wildman–Crippen MR) is 78.1 cm³/mol. The smallest absolute Gasteiger partial charge is 0.422 e. The van der Waals surface area contributed by atoms with E-state index in [1.54, 1.807) is 6.07 Å². The molecule has 2 aromatic rings. The quantitative estimate of drug-likeness (QED) is 0.327. The number of carboxylic acids is 1. The number of rotatable bonds is 6. The summed E-state index contributed by atoms with van der Waals surface area (Å²) >= 11 is 0. The Balaban J connectivity index is 2.22. The van der Waals surface area contributed by atoms with Crippen LogP contribution in [-0.4, -0.2) is 28.6 Å². The van der Waals surface area contributed by atoms with Crippen LogP contribution in [0.5, 0.6) is 5.75 Å². The molecule has 1 aromatic heterocycles. The lowest BCUT2D eigenvalue weighted by Crippen LogP contribution is -2.19. The number of aromatic nitrogens is 1. The van der Waals surface area contributed by atoms with Crippen molar-refractivity contribution in [3.63, 3.8) is 0 Å². The second-order valence-corrected chi connectivity index (χ2v) is 4.96. The molecule has 0 amide bonds. The normalized spacial score (nSPS) is 10.8. The summed E-state index contributed by atoms with van der Waals surface area (Å²) in [5, 5.41) is 9.10. The maximum atomic E-state index is 13.5. The van der Waals surface area contributed by atoms with Crippen LogP contribution in [0.15, 0.2) is 18.2 Å². The number of nitrogens with two attached hydrogens (primary N) is 1. The molecule has 0 saturated carbocycles. The fourth-order valence-electron chi connectivity index (χ4n) is 2.23. The van der Waals surface area contributed by atoms with Gasteiger partial charge in [-0.1, -0.05) is 6.42 Å². The second kappa shape index (κ2) is 7.04. The lowest BCUT2D eigenvalue weighted by molar-refractivity contribution is -0.158. The van der Waals surface area contributed by atoms with E-state index in [0.29, 0.717) is 17.4 Å². The summed E-state index contributed by atoms with van der Waals surface area (Å²) in [6, 6.07) is 4.05. The number of carboxylic acid groups (broad SMARTS) is 1. The molecule has 0 bridgehead atoms. The van der Waals surface area contributed by atoms with Gasteiger partial charge in [-0.25, -0.2) is 14.0 Å². The first-order chi connectivity index (χ1) is 10.5. The molecule has 0 radical (unpaired) electrons. The van der Waals surface area contributed by atoms with Crippen LogP contribution in [0.3, 0.4) is 0 Å². The molecule has 0 spiro atoms. The first-order valence-electron chi connectivity index (χ1n) is 6.97. The fraction of sp³-hybridized carbons (Fsp3) is 0.333. The summed E-state index contributed by atoms with van der Waals surface area (Å²) in [5.74, 6) is -3.91. The van der Waals surface area contributed by atoms with Crippen molar-refractivity contribution in [1.82, 2.24) is 4.98 Å². The monoisotopic (exact) mass is 308 g/mol. The van der Waals surface area contributed by atoms with Gasteiger partial charge in [0.15, 0.2) is 5.75 Å². The predicted octanol–water partition coefficient (Wildman–Crippen LogP) is 1.97. The number of unbranched alkanes of at least 4 members (excludes halogenated alkanes) is 2. The Kier molecular flexibility index (Phi) is 5.11. The number of ether oxygens (including phenoxy) is 1. The summed E-state index contributed by atoms with van der Waals surface area (Å²) in [6.07, 6.45) is 3.61. The van der Waals surface area contributed by atoms with E-state index < -0.39 is 17.8 Å². The van der Waals surface area contributed by atoms with Crippen LogP contribution in [0.4, 0.5) is 4.39 Å². The highest BCUT2D eigenvalue weighted by atomic mass is 19.1. The van der Waals surface area contributed by atoms with Crippen LogP contribution < -0.4 is 10.5 Å². The number of hydrogen-bond donors (Lipinski definition) is 3. The summed E-state index contributed by atoms with van der Waals surface area (Å²) in [7, 11) is 0. The fourth-order valence-corrected chi connectivity index (χ4v) is 2.23. The van der Waals surface area contributed by atoms with Crippen molar-refractivity contribution in [3.05, 3.63) is 29.7 Å². The molecule has 22 heavy (non-hydrogen) atoms. The Morgan fingerprint density at radius 2 is 2.00 bits per heavy atom. The summed E-state index contributed by atoms with van der Waals surface area (Å²) in [4.78, 5) is 24.7. The third kappa shape index (κ3) is 3.82. The van der Waals surface area contributed by atoms with Crippen LogP contribution in [-0.2, 0) is 16.0 Å². The van der Waals surface area contributed by atoms with Crippen LogP contribution in [0.2, 0.25) is 0 Å². The zero-order valence-electron chi connectivity index (χ0n) is 11.9. The van der Waals surface area contributed by atoms with Gasteiger partial charge < -0.3 is 20.6 Å². The van der Waals surface area contributed by atoms with E-state index in [0.717, 1.165) is 37.4 Å². The first kappa shape index (κ1) is 16.0. The molecule has 0 unspecified atom stereocenters. The third-order valence-corrected chi connectivity index (χ3v) is 3.24. The van der Waals surface area contributed by atoms with E-state index in [4.69, 9.17) is 15.6 Å². The molecule has 0 aliphatic carbocycles. The second-order valence-electron chi connectivity index (χ2n) is 4.96. The number of nitrogens with one attached hydrogen (secondary N) is 1. The molecular formula is C15H17FN2O4. The van der Waals surface area contributed by atoms with Crippen LogP contribution >= 0.6 is 0 Å². The van der Waals surface area contributed by atoms with Crippen molar-refractivity contribution in [2.24, 2.45) is 5.73 Å². The summed E-state index contributed by atoms with van der Waals surface area (Å²) in [6.45, 7) is 0.646. The molecule has 0 saturated heterocycles. The molecule has 0 fully saturated rings. The van der Waals surface area contributed by atoms with Gasteiger partial charge in [-0.05, 0) is 37.9 Å². The number of hydrogen-bond acceptors (Lipinski definition) is 4. The molecule has 6 nitrogen and oxygen atoms in total. The van der Waals surface area contributed by atoms with E-state index in [1.165, 1.54) is 6.07 Å². The number of aromatic amines is 1. The number of carbonyl (C=O) groups excluding carboxylic acids is 1. The van der Waals surface area contributed by atoms with Gasteiger partial charge in [0.1, 0.15) is 5.82 Å². The van der Waals surface area contributed by atoms with E-state index in [9.17, 15) is 14.0 Å². The molecule has 118 valence electrons. The van der Waals surface area contributed by atoms with Crippen LogP contribution in [0.1, 0.15) is 25.0 Å². The first-order valence-corrected chi connectivity index (χ1v) is 6.97. The summed E-state index contributed by atoms with van der Waals surface area (Å²) in [5.41, 5.74) is 6.70. The van der Waals surface area contributed by atoms with Crippen molar-refractivity contribution in [3.8, 4) is 5.75 Å². The highest BCUT2D eigenvalue weighted by Crippen LogP contribution is 2.28. The van der Waals surface area contributed by atoms with Crippen molar-refractivity contribution in [1.29, 1.82) is 0 Å². The van der Waals surface area contributed by atoms with Gasteiger partial charge in [-0.3, -0.25) is 0 Å². The van der Waals surface area contributed by atoms with Gasteiger partial charge in [0, 0.05) is 17.1 Å². The molecule has 1 aromatic carbocycles. The number of carbonyl (C=O) groups is 2. The Hall–Kier alpha value is -2.41. The highest BCUT2D eigenvalue weighted by Gasteiger charge is 2.18. The topological polar surface area (TPSA) is 105 Å². The molecular weight excluding hydrogens is 291 g/mol. The minimum Gasteiger partial charge on any atom is -0.473 e. The van der Waals surface area contributed by atoms with Crippen molar-refractivity contribution in [2.45, 2.75) is 25.7 Å². The number of H-pyrrole nitrogens is 1. The van der Waals surface area contributed by atoms with Gasteiger partial charge in [-0.2, -0.15) is 0 Å². The Morgan fingerprint density at radius 1 is 1.23 bits per heavy atom. The molecule has 0 atom stereocenters. The number of aryl methyl sites for hydroxylation is 1. The van der Waals surface area contributed by atoms with Gasteiger partial charge in [0.05, 0.1) is 5.52 Å². The average Bonchev–Trinajstić information content (AvgIpc) is 2.86. The molecule has 4 N–H and O–H groups in total. The van der Waals surface area contributed by atoms with E-state index in [2.05, 4.69) is 4.98 Å². The average molecular weight is 308 g/mol. The maximum Gasteiger partial charge on any atom is 0.422 e. The minimum atomic E-state index is -1.73. The minimum absolute atomic E-state index is 0.129. The van der Waals surface area contributed by atoms with Crippen molar-refractivity contribution >= 4 is 22.8 Å². The summed E-state index contributed by atoms with van der Waals surface area (Å²) < 4.78 is 18.2. The Labute approximate surface area is 126 Å².